The van der Waals surface area contributed by atoms with Crippen LogP contribution in [0.2, 0.25) is 0 Å². The van der Waals surface area contributed by atoms with Gasteiger partial charge in [-0.1, -0.05) is 38.0 Å². The van der Waals surface area contributed by atoms with Gasteiger partial charge < -0.3 is 38.7 Å². The molecule has 14 nitrogen and oxygen atoms in total. The molecule has 0 radical (unpaired) electrons. The molecule has 7 heterocycles. The fourth-order valence-electron chi connectivity index (χ4n) is 11.4. The lowest BCUT2D eigenvalue weighted by atomic mass is 9.86. The monoisotopic (exact) mass is 1000 g/mol. The number of aromatic amines is 1. The van der Waals surface area contributed by atoms with E-state index in [-0.39, 0.29) is 60.2 Å². The maximum atomic E-state index is 16.1. The number of amides is 1. The van der Waals surface area contributed by atoms with Crippen LogP contribution in [0.1, 0.15) is 105 Å². The van der Waals surface area contributed by atoms with E-state index in [2.05, 4.69) is 9.88 Å². The molecule has 1 fully saturated rings. The van der Waals surface area contributed by atoms with E-state index in [1.165, 1.54) is 26.0 Å². The predicted molar refractivity (Wildman–Crippen MR) is 271 cm³/mol. The van der Waals surface area contributed by atoms with Crippen molar-refractivity contribution in [2.24, 2.45) is 0 Å². The van der Waals surface area contributed by atoms with E-state index in [1.807, 2.05) is 61.2 Å². The van der Waals surface area contributed by atoms with Crippen molar-refractivity contribution in [3.05, 3.63) is 122 Å². The Hall–Kier alpha value is -6.27. The van der Waals surface area contributed by atoms with Crippen molar-refractivity contribution in [1.82, 2.24) is 34.1 Å². The third kappa shape index (κ3) is 9.60. The molecule has 0 bridgehead atoms. The molecule has 6 aromatic rings. The zero-order chi connectivity index (χ0) is 51.5. The number of fused-ring (bicyclic) bond motifs is 8. The summed E-state index contributed by atoms with van der Waals surface area (Å²) < 4.78 is 66.3. The van der Waals surface area contributed by atoms with E-state index in [0.29, 0.717) is 80.5 Å². The Morgan fingerprint density at radius 2 is 1.71 bits per heavy atom. The van der Waals surface area contributed by atoms with Gasteiger partial charge >= 0.3 is 12.1 Å². The lowest BCUT2D eigenvalue weighted by Crippen LogP contribution is -2.49. The van der Waals surface area contributed by atoms with Crippen molar-refractivity contribution < 1.29 is 42.1 Å². The lowest BCUT2D eigenvalue weighted by Gasteiger charge is -2.43. The van der Waals surface area contributed by atoms with Gasteiger partial charge in [0, 0.05) is 102 Å². The first-order chi connectivity index (χ1) is 34.9. The van der Waals surface area contributed by atoms with Crippen LogP contribution in [0.4, 0.5) is 18.0 Å². The number of unbranched alkanes of at least 4 members (excludes halogenated alkanes) is 3. The molecular formula is C56H64F3N7O7. The molecule has 1 unspecified atom stereocenters. The second kappa shape index (κ2) is 19.9. The fraction of sp³-hybridized carbons (Fsp3) is 0.464. The molecule has 17 heteroatoms. The average Bonchev–Trinajstić information content (AvgIpc) is 3.90. The zero-order valence-electron chi connectivity index (χ0n) is 42.5. The predicted octanol–water partition coefficient (Wildman–Crippen LogP) is 8.74. The summed E-state index contributed by atoms with van der Waals surface area (Å²) >= 11 is 0. The molecule has 386 valence electrons. The Morgan fingerprint density at radius 1 is 0.973 bits per heavy atom. The zero-order valence-corrected chi connectivity index (χ0v) is 42.5. The van der Waals surface area contributed by atoms with Crippen molar-refractivity contribution in [2.75, 3.05) is 60.0 Å². The van der Waals surface area contributed by atoms with Gasteiger partial charge in [0.2, 0.25) is 0 Å². The number of para-hydroxylation sites is 1. The number of hydrogen-bond acceptors (Lipinski definition) is 11. The van der Waals surface area contributed by atoms with Gasteiger partial charge in [0.1, 0.15) is 35.4 Å². The van der Waals surface area contributed by atoms with Crippen LogP contribution in [0.5, 0.6) is 11.5 Å². The first kappa shape index (κ1) is 50.3. The summed E-state index contributed by atoms with van der Waals surface area (Å²) in [5.41, 5.74) is 2.49. The van der Waals surface area contributed by atoms with Crippen molar-refractivity contribution in [1.29, 1.82) is 0 Å². The van der Waals surface area contributed by atoms with Crippen molar-refractivity contribution in [3.63, 3.8) is 0 Å². The van der Waals surface area contributed by atoms with Crippen LogP contribution in [0.3, 0.4) is 0 Å². The first-order valence-electron chi connectivity index (χ1n) is 25.5. The molecule has 3 atom stereocenters. The summed E-state index contributed by atoms with van der Waals surface area (Å²) in [5, 5.41) is 13.1. The highest BCUT2D eigenvalue weighted by Gasteiger charge is 2.46. The number of ether oxygens (including phenoxy) is 3. The number of nitrogens with one attached hydrogen (secondary N) is 1. The number of carbonyl (C=O) groups is 2. The number of aromatic nitrogens is 3. The van der Waals surface area contributed by atoms with Gasteiger partial charge in [-0.2, -0.15) is 0 Å². The number of esters is 1. The molecule has 1 amide bonds. The van der Waals surface area contributed by atoms with E-state index >= 15 is 13.2 Å². The topological polar surface area (TPSA) is 146 Å². The van der Waals surface area contributed by atoms with Gasteiger partial charge in [0.05, 0.1) is 41.7 Å². The van der Waals surface area contributed by atoms with Crippen LogP contribution in [0, 0.1) is 11.6 Å². The number of carbonyl (C=O) groups excluding carboxylic acids is 2. The van der Waals surface area contributed by atoms with Crippen LogP contribution in [-0.4, -0.2) is 123 Å². The molecule has 3 aromatic carbocycles. The third-order valence-electron chi connectivity index (χ3n) is 15.1. The number of benzene rings is 3. The molecule has 4 aliphatic rings. The van der Waals surface area contributed by atoms with E-state index < -0.39 is 41.0 Å². The smallest absolute Gasteiger partial charge is 0.415 e. The van der Waals surface area contributed by atoms with Crippen LogP contribution >= 0.6 is 0 Å². The Morgan fingerprint density at radius 3 is 2.44 bits per heavy atom. The van der Waals surface area contributed by atoms with E-state index in [4.69, 9.17) is 19.2 Å². The summed E-state index contributed by atoms with van der Waals surface area (Å²) in [5.74, 6) is -1.67. The molecule has 0 spiro atoms. The number of alkyl halides is 1. The van der Waals surface area contributed by atoms with Crippen LogP contribution in [0.15, 0.2) is 65.5 Å². The van der Waals surface area contributed by atoms with Crippen LogP contribution in [0.25, 0.3) is 33.2 Å². The Labute approximate surface area is 422 Å². The minimum atomic E-state index is -1.92. The second-order valence-corrected chi connectivity index (χ2v) is 21.1. The molecule has 3 aromatic heterocycles. The summed E-state index contributed by atoms with van der Waals surface area (Å²) in [6.45, 7) is 10.7. The quantitative estimate of drug-likeness (QED) is 0.0752. The highest BCUT2D eigenvalue weighted by atomic mass is 19.1. The maximum Gasteiger partial charge on any atom is 0.415 e. The van der Waals surface area contributed by atoms with Crippen LogP contribution in [-0.2, 0) is 41.2 Å². The number of aliphatic hydroxyl groups is 1. The molecule has 4 aliphatic heterocycles. The lowest BCUT2D eigenvalue weighted by molar-refractivity contribution is -0.172. The molecule has 0 aliphatic carbocycles. The Kier molecular flexibility index (Phi) is 13.7. The number of nitrogens with zero attached hydrogens (tertiary/aromatic N) is 6. The SMILES string of the molecule is CCC1(O)C(=O)OCc2c1cc1n(c2=O)Cc2cc3c(CN(C)C)c(OC(=O)N4CCN(CCCCCCOc5cc(F)c([C@H]6c7[nH]c8ccccc8c7C[C@H](C)N6CC(C)(C)F)c(F)c5)CC4)ccc3nc2-1. The van der Waals surface area contributed by atoms with Gasteiger partial charge in [0.25, 0.3) is 5.56 Å². The van der Waals surface area contributed by atoms with Gasteiger partial charge in [0.15, 0.2) is 5.60 Å². The highest BCUT2D eigenvalue weighted by Crippen LogP contribution is 2.45. The number of halogens is 3. The maximum absolute atomic E-state index is 16.1. The summed E-state index contributed by atoms with van der Waals surface area (Å²) in [6.07, 6.45) is 3.73. The number of piperazine rings is 1. The van der Waals surface area contributed by atoms with Gasteiger partial charge in [-0.15, -0.1) is 0 Å². The second-order valence-electron chi connectivity index (χ2n) is 21.1. The fourth-order valence-corrected chi connectivity index (χ4v) is 11.4. The minimum Gasteiger partial charge on any atom is -0.493 e. The molecule has 73 heavy (non-hydrogen) atoms. The minimum absolute atomic E-state index is 0.00654. The van der Waals surface area contributed by atoms with Gasteiger partial charge in [-0.3, -0.25) is 14.6 Å². The van der Waals surface area contributed by atoms with Crippen molar-refractivity contribution >= 4 is 33.9 Å². The molecular weight excluding hydrogens is 940 g/mol. The molecule has 2 N–H and O–H groups in total. The Balaban J connectivity index is 0.714. The normalized spacial score (nSPS) is 20.0. The van der Waals surface area contributed by atoms with Gasteiger partial charge in [-0.05, 0) is 103 Å². The largest absolute Gasteiger partial charge is 0.493 e. The van der Waals surface area contributed by atoms with Crippen molar-refractivity contribution in [2.45, 2.75) is 109 Å². The summed E-state index contributed by atoms with van der Waals surface area (Å²) in [4.78, 5) is 56.4. The number of pyridine rings is 2. The number of rotatable bonds is 15. The standard InChI is InChI=1S/C56H64F3N7O7/c1-7-56(70)41-28-46-49-34(29-65(46)52(67)40(41)31-72-53(56)68)25-37-39(30-62(5)6)47(17-16-45(37)60-49)73-54(69)64-21-19-63(20-22-64)18-12-8-9-13-23-71-35-26-42(57)48(43(58)27-35)51-50-38(36-14-10-11-15-44(36)61-50)24-33(2)66(51)32-55(3,4)59/h10-11,14-17,25-28,33,51,61,70H,7-9,12-13,18-24,29-32H2,1-6H3/t33-,51-,56?/m0/s1. The van der Waals surface area contributed by atoms with E-state index in [1.54, 1.807) is 34.6 Å². The van der Waals surface area contributed by atoms with Gasteiger partial charge in [-0.25, -0.2) is 27.7 Å². The summed E-state index contributed by atoms with van der Waals surface area (Å²) in [7, 11) is 3.87. The average molecular weight is 1000 g/mol. The van der Waals surface area contributed by atoms with Crippen molar-refractivity contribution in [3.8, 4) is 22.9 Å². The van der Waals surface area contributed by atoms with E-state index in [0.717, 1.165) is 58.8 Å². The summed E-state index contributed by atoms with van der Waals surface area (Å²) in [6, 6.07) is 16.6. The van der Waals surface area contributed by atoms with Crippen LogP contribution < -0.4 is 15.0 Å². The van der Waals surface area contributed by atoms with E-state index in [9.17, 15) is 19.5 Å². The molecule has 0 saturated carbocycles. The highest BCUT2D eigenvalue weighted by molar-refractivity contribution is 5.90. The molecule has 10 rings (SSSR count). The number of H-pyrrole nitrogens is 1. The number of hydrogen-bond donors (Lipinski definition) is 2. The Bertz CT molecular complexity index is 3150. The third-order valence-corrected chi connectivity index (χ3v) is 15.1. The molecule has 1 saturated heterocycles. The first-order valence-corrected chi connectivity index (χ1v) is 25.5. The number of cyclic esters (lactones) is 1.